The zero-order valence-electron chi connectivity index (χ0n) is 16.9. The number of likely N-dealkylation sites (N-methyl/N-ethyl adjacent to an activating group) is 1. The molecular formula is C24H19ClN4O2. The van der Waals surface area contributed by atoms with Crippen LogP contribution in [0.25, 0.3) is 0 Å². The quantitative estimate of drug-likeness (QED) is 0.743. The van der Waals surface area contributed by atoms with Gasteiger partial charge in [-0.15, -0.1) is 0 Å². The molecule has 0 saturated carbocycles. The summed E-state index contributed by atoms with van der Waals surface area (Å²) in [4.78, 5) is 30.5. The molecule has 1 spiro atoms. The molecular weight excluding hydrogens is 412 g/mol. The molecule has 1 amide bonds. The number of anilines is 2. The van der Waals surface area contributed by atoms with E-state index in [-0.39, 0.29) is 23.1 Å². The Bertz CT molecular complexity index is 1270. The monoisotopic (exact) mass is 430 g/mol. The number of rotatable bonds is 1. The number of hydrogen-bond acceptors (Lipinski definition) is 5. The summed E-state index contributed by atoms with van der Waals surface area (Å²) in [7, 11) is 1.66. The van der Waals surface area contributed by atoms with E-state index >= 15 is 0 Å². The molecule has 154 valence electrons. The van der Waals surface area contributed by atoms with Gasteiger partial charge in [0.25, 0.3) is 0 Å². The van der Waals surface area contributed by atoms with Crippen molar-refractivity contribution in [2.75, 3.05) is 16.8 Å². The van der Waals surface area contributed by atoms with Gasteiger partial charge in [-0.1, -0.05) is 35.9 Å². The lowest BCUT2D eigenvalue weighted by molar-refractivity contribution is -0.124. The number of Topliss-reactive ketones (excluding diaryl/α,β-unsaturated/α-hetero) is 1. The van der Waals surface area contributed by atoms with Gasteiger partial charge in [0.1, 0.15) is 17.3 Å². The summed E-state index contributed by atoms with van der Waals surface area (Å²) in [5, 5.41) is 10.8. The van der Waals surface area contributed by atoms with Crippen LogP contribution < -0.4 is 15.5 Å². The molecule has 0 saturated heterocycles. The highest BCUT2D eigenvalue weighted by molar-refractivity contribution is 6.30. The molecule has 3 aliphatic rings. The van der Waals surface area contributed by atoms with Crippen LogP contribution in [-0.4, -0.2) is 18.7 Å². The normalized spacial score (nSPS) is 22.7. The van der Waals surface area contributed by atoms with Gasteiger partial charge in [0.05, 0.1) is 5.57 Å². The van der Waals surface area contributed by atoms with Gasteiger partial charge in [-0.25, -0.2) is 0 Å². The van der Waals surface area contributed by atoms with Gasteiger partial charge in [0, 0.05) is 46.7 Å². The lowest BCUT2D eigenvalue weighted by atomic mass is 9.64. The Balaban J connectivity index is 1.91. The van der Waals surface area contributed by atoms with Crippen molar-refractivity contribution in [1.82, 2.24) is 0 Å². The van der Waals surface area contributed by atoms with E-state index in [2.05, 4.69) is 6.07 Å². The zero-order chi connectivity index (χ0) is 21.9. The van der Waals surface area contributed by atoms with Crippen molar-refractivity contribution in [3.8, 4) is 6.07 Å². The second-order valence-electron chi connectivity index (χ2n) is 7.92. The standard InChI is InChI=1S/C24H19ClN4O2/c1-28-18-9-3-2-8-16(18)24(23(28)31)17(13-26)22(27)29(15-7-4-6-14(25)12-15)19-10-5-11-20(30)21(19)24/h2-4,6-9,12H,5,10-11,27H2,1H3/t24-/m1/s1. The van der Waals surface area contributed by atoms with Crippen molar-refractivity contribution in [3.63, 3.8) is 0 Å². The van der Waals surface area contributed by atoms with Gasteiger partial charge in [-0.2, -0.15) is 5.26 Å². The Morgan fingerprint density at radius 3 is 2.65 bits per heavy atom. The number of nitrogens with zero attached hydrogens (tertiary/aromatic N) is 3. The van der Waals surface area contributed by atoms with Gasteiger partial charge in [-0.3, -0.25) is 14.5 Å². The van der Waals surface area contributed by atoms with Gasteiger partial charge < -0.3 is 10.6 Å². The van der Waals surface area contributed by atoms with E-state index in [0.717, 1.165) is 0 Å². The van der Waals surface area contributed by atoms with E-state index in [4.69, 9.17) is 17.3 Å². The van der Waals surface area contributed by atoms with Crippen LogP contribution in [0.3, 0.4) is 0 Å². The summed E-state index contributed by atoms with van der Waals surface area (Å²) in [5.41, 5.74) is 8.13. The van der Waals surface area contributed by atoms with E-state index in [1.54, 1.807) is 30.1 Å². The van der Waals surface area contributed by atoms with E-state index in [1.807, 2.05) is 30.3 Å². The smallest absolute Gasteiger partial charge is 0.247 e. The molecule has 2 heterocycles. The number of hydrogen-bond donors (Lipinski definition) is 1. The number of ketones is 1. The van der Waals surface area contributed by atoms with Gasteiger partial charge in [-0.05, 0) is 37.1 Å². The summed E-state index contributed by atoms with van der Waals surface area (Å²) in [6, 6.07) is 16.6. The second-order valence-corrected chi connectivity index (χ2v) is 8.35. The van der Waals surface area contributed by atoms with Crippen LogP contribution in [0.5, 0.6) is 0 Å². The molecule has 0 bridgehead atoms. The van der Waals surface area contributed by atoms with E-state index in [0.29, 0.717) is 52.5 Å². The summed E-state index contributed by atoms with van der Waals surface area (Å²) >= 11 is 6.22. The molecule has 7 heteroatoms. The highest BCUT2D eigenvalue weighted by Crippen LogP contribution is 2.56. The number of allylic oxidation sites excluding steroid dienone is 1. The van der Waals surface area contributed by atoms with Crippen molar-refractivity contribution >= 4 is 34.7 Å². The largest absolute Gasteiger partial charge is 0.384 e. The summed E-state index contributed by atoms with van der Waals surface area (Å²) in [6.07, 6.45) is 1.53. The third-order valence-corrected chi connectivity index (χ3v) is 6.61. The highest BCUT2D eigenvalue weighted by Gasteiger charge is 2.61. The van der Waals surface area contributed by atoms with Crippen molar-refractivity contribution in [3.05, 3.63) is 81.8 Å². The minimum Gasteiger partial charge on any atom is -0.384 e. The number of para-hydroxylation sites is 1. The Hall–Kier alpha value is -3.56. The molecule has 1 aliphatic carbocycles. The minimum atomic E-state index is -1.52. The zero-order valence-corrected chi connectivity index (χ0v) is 17.6. The highest BCUT2D eigenvalue weighted by atomic mass is 35.5. The first-order valence-corrected chi connectivity index (χ1v) is 10.4. The Morgan fingerprint density at radius 1 is 1.13 bits per heavy atom. The van der Waals surface area contributed by atoms with E-state index in [1.165, 1.54) is 4.90 Å². The van der Waals surface area contributed by atoms with Gasteiger partial charge >= 0.3 is 0 Å². The Labute approximate surface area is 184 Å². The van der Waals surface area contributed by atoms with Crippen LogP contribution in [-0.2, 0) is 15.0 Å². The average molecular weight is 431 g/mol. The molecule has 31 heavy (non-hydrogen) atoms. The van der Waals surface area contributed by atoms with Gasteiger partial charge in [0.15, 0.2) is 5.78 Å². The lowest BCUT2D eigenvalue weighted by Crippen LogP contribution is -2.52. The van der Waals surface area contributed by atoms with Crippen LogP contribution in [0, 0.1) is 11.3 Å². The molecule has 1 atom stereocenters. The number of carbonyl (C=O) groups is 2. The number of benzene rings is 2. The van der Waals surface area contributed by atoms with Crippen LogP contribution in [0.4, 0.5) is 11.4 Å². The Morgan fingerprint density at radius 2 is 1.90 bits per heavy atom. The predicted molar refractivity (Wildman–Crippen MR) is 118 cm³/mol. The molecule has 0 unspecified atom stereocenters. The second kappa shape index (κ2) is 6.73. The van der Waals surface area contributed by atoms with Crippen LogP contribution in [0.1, 0.15) is 24.8 Å². The fraction of sp³-hybridized carbons (Fsp3) is 0.208. The maximum Gasteiger partial charge on any atom is 0.247 e. The van der Waals surface area contributed by atoms with Crippen LogP contribution in [0.2, 0.25) is 5.02 Å². The molecule has 0 radical (unpaired) electrons. The molecule has 0 aromatic heterocycles. The number of nitrogens with two attached hydrogens (primary N) is 1. The predicted octanol–water partition coefficient (Wildman–Crippen LogP) is 3.78. The third kappa shape index (κ3) is 2.38. The number of halogens is 1. The molecule has 2 aromatic carbocycles. The average Bonchev–Trinajstić information content (AvgIpc) is 2.97. The summed E-state index contributed by atoms with van der Waals surface area (Å²) in [5.74, 6) is -0.314. The van der Waals surface area contributed by atoms with Crippen molar-refractivity contribution < 1.29 is 9.59 Å². The Kier molecular flexibility index (Phi) is 4.21. The number of carbonyl (C=O) groups excluding carboxylic acids is 2. The minimum absolute atomic E-state index is 0.0725. The van der Waals surface area contributed by atoms with Crippen molar-refractivity contribution in [1.29, 1.82) is 5.26 Å². The van der Waals surface area contributed by atoms with Gasteiger partial charge in [0.2, 0.25) is 5.91 Å². The maximum atomic E-state index is 13.8. The number of amides is 1. The summed E-state index contributed by atoms with van der Waals surface area (Å²) < 4.78 is 0. The van der Waals surface area contributed by atoms with Crippen molar-refractivity contribution in [2.24, 2.45) is 5.73 Å². The third-order valence-electron chi connectivity index (χ3n) is 6.37. The summed E-state index contributed by atoms with van der Waals surface area (Å²) in [6.45, 7) is 0. The fourth-order valence-electron chi connectivity index (χ4n) is 5.14. The topological polar surface area (TPSA) is 90.4 Å². The SMILES string of the molecule is CN1C(=O)[C@@]2(C(C#N)=C(N)N(c3cccc(Cl)c3)C3=C2C(=O)CCC3)c2ccccc21. The first-order chi connectivity index (χ1) is 14.9. The molecule has 0 fully saturated rings. The van der Waals surface area contributed by atoms with E-state index < -0.39 is 5.41 Å². The molecule has 5 rings (SSSR count). The fourth-order valence-corrected chi connectivity index (χ4v) is 5.33. The number of fused-ring (bicyclic) bond motifs is 3. The molecule has 2 N–H and O–H groups in total. The molecule has 6 nitrogen and oxygen atoms in total. The van der Waals surface area contributed by atoms with E-state index in [9.17, 15) is 14.9 Å². The first-order valence-electron chi connectivity index (χ1n) is 10.0. The number of nitriles is 1. The first kappa shape index (κ1) is 19.4. The lowest BCUT2D eigenvalue weighted by Gasteiger charge is -2.43. The maximum absolute atomic E-state index is 13.8. The van der Waals surface area contributed by atoms with Crippen molar-refractivity contribution in [2.45, 2.75) is 24.7 Å². The molecule has 2 aliphatic heterocycles. The van der Waals surface area contributed by atoms with Crippen LogP contribution >= 0.6 is 11.6 Å². The molecule has 2 aromatic rings. The van der Waals surface area contributed by atoms with Crippen LogP contribution in [0.15, 0.2) is 71.2 Å².